The lowest BCUT2D eigenvalue weighted by molar-refractivity contribution is -0.126. The standard InChI is InChI=1S/C16H13Cl2FN2O2/c17-11-5-6-12(18)14(7-11)21-16(23)8-15(22)20-9-10-3-1-2-4-13(10)19/h1-7H,8-9H2,(H,20,22)(H,21,23). The first-order valence-electron chi connectivity index (χ1n) is 6.70. The first-order chi connectivity index (χ1) is 11.0. The predicted molar refractivity (Wildman–Crippen MR) is 88.0 cm³/mol. The van der Waals surface area contributed by atoms with E-state index in [-0.39, 0.29) is 6.54 Å². The molecule has 7 heteroatoms. The van der Waals surface area contributed by atoms with E-state index < -0.39 is 24.1 Å². The minimum Gasteiger partial charge on any atom is -0.351 e. The molecule has 2 aromatic carbocycles. The lowest BCUT2D eigenvalue weighted by atomic mass is 10.2. The maximum Gasteiger partial charge on any atom is 0.233 e. The number of carbonyl (C=O) groups is 2. The van der Waals surface area contributed by atoms with Gasteiger partial charge in [0.1, 0.15) is 12.2 Å². The van der Waals surface area contributed by atoms with Gasteiger partial charge in [0.25, 0.3) is 0 Å². The number of anilines is 1. The van der Waals surface area contributed by atoms with Crippen LogP contribution in [-0.2, 0) is 16.1 Å². The van der Waals surface area contributed by atoms with Gasteiger partial charge in [-0.15, -0.1) is 0 Å². The minimum atomic E-state index is -0.541. The maximum atomic E-state index is 13.4. The number of carbonyl (C=O) groups excluding carboxylic acids is 2. The summed E-state index contributed by atoms with van der Waals surface area (Å²) in [6.07, 6.45) is -0.405. The number of hydrogen-bond donors (Lipinski definition) is 2. The largest absolute Gasteiger partial charge is 0.351 e. The lowest BCUT2D eigenvalue weighted by Gasteiger charge is -2.09. The molecule has 0 radical (unpaired) electrons. The summed E-state index contributed by atoms with van der Waals surface area (Å²) >= 11 is 11.7. The lowest BCUT2D eigenvalue weighted by Crippen LogP contribution is -2.28. The summed E-state index contributed by atoms with van der Waals surface area (Å²) in [6, 6.07) is 10.7. The molecule has 120 valence electrons. The smallest absolute Gasteiger partial charge is 0.233 e. The van der Waals surface area contributed by atoms with Crippen LogP contribution in [0.2, 0.25) is 10.0 Å². The van der Waals surface area contributed by atoms with E-state index in [0.29, 0.717) is 21.3 Å². The SMILES string of the molecule is O=C(CC(=O)Nc1cc(Cl)ccc1Cl)NCc1ccccc1F. The molecular formula is C16H13Cl2FN2O2. The number of halogens is 3. The van der Waals surface area contributed by atoms with Crippen LogP contribution in [0, 0.1) is 5.82 Å². The van der Waals surface area contributed by atoms with Crippen LogP contribution in [-0.4, -0.2) is 11.8 Å². The number of rotatable bonds is 5. The zero-order chi connectivity index (χ0) is 16.8. The van der Waals surface area contributed by atoms with Crippen LogP contribution in [0.25, 0.3) is 0 Å². The summed E-state index contributed by atoms with van der Waals surface area (Å²) in [5.41, 5.74) is 0.671. The van der Waals surface area contributed by atoms with Crippen LogP contribution in [0.1, 0.15) is 12.0 Å². The van der Waals surface area contributed by atoms with Gasteiger partial charge < -0.3 is 10.6 Å². The molecule has 0 aliphatic rings. The molecule has 0 aliphatic heterocycles. The molecule has 0 aromatic heterocycles. The molecule has 0 heterocycles. The van der Waals surface area contributed by atoms with Crippen molar-refractivity contribution >= 4 is 40.7 Å². The van der Waals surface area contributed by atoms with Crippen molar-refractivity contribution in [1.29, 1.82) is 0 Å². The molecule has 0 unspecified atom stereocenters. The third-order valence-electron chi connectivity index (χ3n) is 2.96. The molecule has 23 heavy (non-hydrogen) atoms. The van der Waals surface area contributed by atoms with E-state index in [9.17, 15) is 14.0 Å². The molecule has 0 saturated heterocycles. The van der Waals surface area contributed by atoms with Gasteiger partial charge in [-0.05, 0) is 24.3 Å². The van der Waals surface area contributed by atoms with E-state index in [0.717, 1.165) is 0 Å². The van der Waals surface area contributed by atoms with Crippen LogP contribution in [0.3, 0.4) is 0 Å². The number of benzene rings is 2. The Morgan fingerprint density at radius 1 is 1.04 bits per heavy atom. The first kappa shape index (κ1) is 17.2. The normalized spacial score (nSPS) is 10.2. The Labute approximate surface area is 142 Å². The highest BCUT2D eigenvalue weighted by molar-refractivity contribution is 6.35. The third kappa shape index (κ3) is 5.23. The second kappa shape index (κ2) is 7.94. The Morgan fingerprint density at radius 2 is 1.78 bits per heavy atom. The Kier molecular flexibility index (Phi) is 5.96. The van der Waals surface area contributed by atoms with Crippen molar-refractivity contribution in [1.82, 2.24) is 5.32 Å². The molecule has 2 amide bonds. The number of nitrogens with one attached hydrogen (secondary N) is 2. The summed E-state index contributed by atoms with van der Waals surface area (Å²) < 4.78 is 13.4. The molecule has 0 saturated carbocycles. The molecule has 0 atom stereocenters. The van der Waals surface area contributed by atoms with Gasteiger partial charge in [-0.3, -0.25) is 9.59 Å². The molecule has 2 rings (SSSR count). The van der Waals surface area contributed by atoms with Crippen molar-refractivity contribution in [2.75, 3.05) is 5.32 Å². The fraction of sp³-hybridized carbons (Fsp3) is 0.125. The Morgan fingerprint density at radius 3 is 2.52 bits per heavy atom. The zero-order valence-corrected chi connectivity index (χ0v) is 13.4. The topological polar surface area (TPSA) is 58.2 Å². The average Bonchev–Trinajstić information content (AvgIpc) is 2.50. The van der Waals surface area contributed by atoms with Crippen molar-refractivity contribution in [3.8, 4) is 0 Å². The van der Waals surface area contributed by atoms with Gasteiger partial charge in [0.05, 0.1) is 10.7 Å². The van der Waals surface area contributed by atoms with E-state index in [4.69, 9.17) is 23.2 Å². The fourth-order valence-electron chi connectivity index (χ4n) is 1.83. The van der Waals surface area contributed by atoms with Crippen LogP contribution in [0.15, 0.2) is 42.5 Å². The van der Waals surface area contributed by atoms with Crippen molar-refractivity contribution in [3.05, 3.63) is 63.9 Å². The summed E-state index contributed by atoms with van der Waals surface area (Å²) in [5, 5.41) is 5.71. The minimum absolute atomic E-state index is 0.0106. The second-order valence-electron chi connectivity index (χ2n) is 4.72. The molecule has 0 spiro atoms. The Hall–Kier alpha value is -2.11. The van der Waals surface area contributed by atoms with Crippen molar-refractivity contribution < 1.29 is 14.0 Å². The van der Waals surface area contributed by atoms with Gasteiger partial charge in [-0.25, -0.2) is 4.39 Å². The summed E-state index contributed by atoms with van der Waals surface area (Å²) in [6.45, 7) is 0.0106. The summed E-state index contributed by atoms with van der Waals surface area (Å²) in [5.74, 6) is -1.48. The van der Waals surface area contributed by atoms with Gasteiger partial charge in [0.2, 0.25) is 11.8 Å². The van der Waals surface area contributed by atoms with Crippen molar-refractivity contribution in [2.24, 2.45) is 0 Å². The van der Waals surface area contributed by atoms with Crippen molar-refractivity contribution in [2.45, 2.75) is 13.0 Å². The highest BCUT2D eigenvalue weighted by atomic mass is 35.5. The van der Waals surface area contributed by atoms with E-state index in [1.165, 1.54) is 18.2 Å². The molecule has 2 N–H and O–H groups in total. The van der Waals surface area contributed by atoms with E-state index in [1.807, 2.05) is 0 Å². The van der Waals surface area contributed by atoms with Crippen LogP contribution < -0.4 is 10.6 Å². The van der Waals surface area contributed by atoms with E-state index in [2.05, 4.69) is 10.6 Å². The Balaban J connectivity index is 1.86. The van der Waals surface area contributed by atoms with Gasteiger partial charge in [-0.2, -0.15) is 0 Å². The van der Waals surface area contributed by atoms with Crippen molar-refractivity contribution in [3.63, 3.8) is 0 Å². The number of hydrogen-bond acceptors (Lipinski definition) is 2. The highest BCUT2D eigenvalue weighted by Gasteiger charge is 2.12. The fourth-order valence-corrected chi connectivity index (χ4v) is 2.17. The summed E-state index contributed by atoms with van der Waals surface area (Å²) in [7, 11) is 0. The van der Waals surface area contributed by atoms with E-state index >= 15 is 0 Å². The molecule has 0 bridgehead atoms. The van der Waals surface area contributed by atoms with Gasteiger partial charge in [0, 0.05) is 17.1 Å². The van der Waals surface area contributed by atoms with Crippen LogP contribution in [0.4, 0.5) is 10.1 Å². The second-order valence-corrected chi connectivity index (χ2v) is 5.56. The monoisotopic (exact) mass is 354 g/mol. The Bertz CT molecular complexity index is 738. The molecule has 0 aliphatic carbocycles. The zero-order valence-electron chi connectivity index (χ0n) is 11.9. The molecule has 0 fully saturated rings. The maximum absolute atomic E-state index is 13.4. The highest BCUT2D eigenvalue weighted by Crippen LogP contribution is 2.25. The number of amides is 2. The molecule has 2 aromatic rings. The summed E-state index contributed by atoms with van der Waals surface area (Å²) in [4.78, 5) is 23.5. The van der Waals surface area contributed by atoms with E-state index in [1.54, 1.807) is 24.3 Å². The quantitative estimate of drug-likeness (QED) is 0.802. The van der Waals surface area contributed by atoms with Gasteiger partial charge in [-0.1, -0.05) is 41.4 Å². The van der Waals surface area contributed by atoms with Gasteiger partial charge >= 0.3 is 0 Å². The molecular weight excluding hydrogens is 342 g/mol. The van der Waals surface area contributed by atoms with Crippen LogP contribution >= 0.6 is 23.2 Å². The van der Waals surface area contributed by atoms with Crippen LogP contribution in [0.5, 0.6) is 0 Å². The predicted octanol–water partition coefficient (Wildman–Crippen LogP) is 3.78. The first-order valence-corrected chi connectivity index (χ1v) is 7.46. The van der Waals surface area contributed by atoms with Gasteiger partial charge in [0.15, 0.2) is 0 Å². The average molecular weight is 355 g/mol. The molecule has 4 nitrogen and oxygen atoms in total. The third-order valence-corrected chi connectivity index (χ3v) is 3.52.